The summed E-state index contributed by atoms with van der Waals surface area (Å²) in [5, 5.41) is 0.550. The second kappa shape index (κ2) is 4.97. The third-order valence-corrected chi connectivity index (χ3v) is 2.51. The number of nitrogen functional groups attached to an aromatic ring is 1. The van der Waals surface area contributed by atoms with Crippen molar-refractivity contribution >= 4 is 17.3 Å². The fourth-order valence-electron chi connectivity index (χ4n) is 1.42. The van der Waals surface area contributed by atoms with Gasteiger partial charge in [0.15, 0.2) is 0 Å². The van der Waals surface area contributed by atoms with Gasteiger partial charge in [0.05, 0.1) is 12.1 Å². The molecule has 0 aliphatic rings. The number of hydrogen-bond donors (Lipinski definition) is 1. The topological polar surface area (TPSA) is 44.5 Å². The average Bonchev–Trinajstić information content (AvgIpc) is 2.31. The Hall–Kier alpha value is -1.87. The van der Waals surface area contributed by atoms with Crippen LogP contribution in [0.4, 0.5) is 5.69 Å². The van der Waals surface area contributed by atoms with Crippen molar-refractivity contribution < 1.29 is 9.47 Å². The Morgan fingerprint density at radius 1 is 1.06 bits per heavy atom. The largest absolute Gasteiger partial charge is 0.497 e. The number of benzene rings is 2. The quantitative estimate of drug-likeness (QED) is 0.843. The van der Waals surface area contributed by atoms with Crippen molar-refractivity contribution in [2.75, 3.05) is 12.8 Å². The van der Waals surface area contributed by atoms with Crippen molar-refractivity contribution in [3.8, 4) is 17.2 Å². The summed E-state index contributed by atoms with van der Waals surface area (Å²) in [6.45, 7) is 0. The van der Waals surface area contributed by atoms with Crippen LogP contribution >= 0.6 is 11.6 Å². The van der Waals surface area contributed by atoms with Gasteiger partial charge in [-0.3, -0.25) is 0 Å². The summed E-state index contributed by atoms with van der Waals surface area (Å²) in [5.41, 5.74) is 6.31. The molecule has 0 fully saturated rings. The number of anilines is 1. The second-order valence-corrected chi connectivity index (χ2v) is 3.88. The van der Waals surface area contributed by atoms with E-state index >= 15 is 0 Å². The Morgan fingerprint density at radius 3 is 2.47 bits per heavy atom. The average molecular weight is 250 g/mol. The highest BCUT2D eigenvalue weighted by atomic mass is 35.5. The van der Waals surface area contributed by atoms with Crippen LogP contribution in [0.2, 0.25) is 5.02 Å². The van der Waals surface area contributed by atoms with E-state index in [1.165, 1.54) is 0 Å². The zero-order chi connectivity index (χ0) is 12.3. The molecular formula is C13H12ClNO2. The zero-order valence-corrected chi connectivity index (χ0v) is 10.1. The van der Waals surface area contributed by atoms with Gasteiger partial charge >= 0.3 is 0 Å². The number of halogens is 1. The SMILES string of the molecule is COc1cc(N)cc(Oc2ccccc2Cl)c1. The van der Waals surface area contributed by atoms with Gasteiger partial charge in [-0.15, -0.1) is 0 Å². The maximum atomic E-state index is 6.00. The van der Waals surface area contributed by atoms with E-state index < -0.39 is 0 Å². The van der Waals surface area contributed by atoms with Gasteiger partial charge in [-0.2, -0.15) is 0 Å². The molecule has 0 aliphatic carbocycles. The van der Waals surface area contributed by atoms with Gasteiger partial charge in [-0.25, -0.2) is 0 Å². The molecular weight excluding hydrogens is 238 g/mol. The molecule has 88 valence electrons. The fourth-order valence-corrected chi connectivity index (χ4v) is 1.60. The molecule has 2 aromatic rings. The summed E-state index contributed by atoms with van der Waals surface area (Å²) in [5.74, 6) is 1.82. The minimum atomic E-state index is 0.550. The van der Waals surface area contributed by atoms with Crippen LogP contribution in [0.1, 0.15) is 0 Å². The van der Waals surface area contributed by atoms with Crippen molar-refractivity contribution in [1.82, 2.24) is 0 Å². The highest BCUT2D eigenvalue weighted by Crippen LogP contribution is 2.32. The van der Waals surface area contributed by atoms with Gasteiger partial charge < -0.3 is 15.2 Å². The zero-order valence-electron chi connectivity index (χ0n) is 9.31. The molecule has 0 heterocycles. The van der Waals surface area contributed by atoms with E-state index in [2.05, 4.69) is 0 Å². The van der Waals surface area contributed by atoms with Crippen LogP contribution in [-0.2, 0) is 0 Å². The Kier molecular flexibility index (Phi) is 3.40. The van der Waals surface area contributed by atoms with Gasteiger partial charge in [-0.1, -0.05) is 23.7 Å². The van der Waals surface area contributed by atoms with Gasteiger partial charge in [0, 0.05) is 23.9 Å². The van der Waals surface area contributed by atoms with E-state index in [-0.39, 0.29) is 0 Å². The molecule has 0 radical (unpaired) electrons. The monoisotopic (exact) mass is 249 g/mol. The number of para-hydroxylation sites is 1. The van der Waals surface area contributed by atoms with Crippen molar-refractivity contribution in [2.24, 2.45) is 0 Å². The summed E-state index contributed by atoms with van der Waals surface area (Å²) < 4.78 is 10.8. The molecule has 0 bridgehead atoms. The molecule has 0 unspecified atom stereocenters. The van der Waals surface area contributed by atoms with Crippen LogP contribution in [0.25, 0.3) is 0 Å². The van der Waals surface area contributed by atoms with Crippen LogP contribution in [0.15, 0.2) is 42.5 Å². The van der Waals surface area contributed by atoms with E-state index in [4.69, 9.17) is 26.8 Å². The summed E-state index contributed by atoms with van der Waals surface area (Å²) in [6.07, 6.45) is 0. The lowest BCUT2D eigenvalue weighted by atomic mass is 10.3. The standard InChI is InChI=1S/C13H12ClNO2/c1-16-10-6-9(15)7-11(8-10)17-13-5-3-2-4-12(13)14/h2-8H,15H2,1H3. The van der Waals surface area contributed by atoms with Crippen LogP contribution in [-0.4, -0.2) is 7.11 Å². The van der Waals surface area contributed by atoms with Gasteiger partial charge in [0.1, 0.15) is 17.2 Å². The highest BCUT2D eigenvalue weighted by molar-refractivity contribution is 6.32. The maximum Gasteiger partial charge on any atom is 0.146 e. The first-order valence-electron chi connectivity index (χ1n) is 5.06. The summed E-state index contributed by atoms with van der Waals surface area (Å²) in [4.78, 5) is 0. The molecule has 0 aliphatic heterocycles. The van der Waals surface area contributed by atoms with Gasteiger partial charge in [0.25, 0.3) is 0 Å². The number of ether oxygens (including phenoxy) is 2. The third-order valence-electron chi connectivity index (χ3n) is 2.20. The highest BCUT2D eigenvalue weighted by Gasteiger charge is 2.04. The first kappa shape index (κ1) is 11.6. The minimum absolute atomic E-state index is 0.550. The normalized spacial score (nSPS) is 10.0. The molecule has 0 aromatic heterocycles. The van der Waals surface area contributed by atoms with E-state index in [1.807, 2.05) is 12.1 Å². The smallest absolute Gasteiger partial charge is 0.146 e. The fraction of sp³-hybridized carbons (Fsp3) is 0.0769. The second-order valence-electron chi connectivity index (χ2n) is 3.47. The lowest BCUT2D eigenvalue weighted by Gasteiger charge is -2.09. The summed E-state index contributed by atoms with van der Waals surface area (Å²) in [6, 6.07) is 12.4. The Morgan fingerprint density at radius 2 is 1.76 bits per heavy atom. The van der Waals surface area contributed by atoms with Crippen LogP contribution in [0.3, 0.4) is 0 Å². The molecule has 0 amide bonds. The Balaban J connectivity index is 2.30. The molecule has 0 spiro atoms. The lowest BCUT2D eigenvalue weighted by Crippen LogP contribution is -1.91. The van der Waals surface area contributed by atoms with Crippen molar-refractivity contribution in [2.45, 2.75) is 0 Å². The van der Waals surface area contributed by atoms with Crippen LogP contribution in [0, 0.1) is 0 Å². The Labute approximate surface area is 105 Å². The first-order chi connectivity index (χ1) is 8.19. The number of nitrogens with two attached hydrogens (primary N) is 1. The van der Waals surface area contributed by atoms with Crippen LogP contribution < -0.4 is 15.2 Å². The van der Waals surface area contributed by atoms with Crippen molar-refractivity contribution in [3.63, 3.8) is 0 Å². The van der Waals surface area contributed by atoms with Crippen molar-refractivity contribution in [1.29, 1.82) is 0 Å². The molecule has 3 nitrogen and oxygen atoms in total. The predicted molar refractivity (Wildman–Crippen MR) is 68.9 cm³/mol. The van der Waals surface area contributed by atoms with Gasteiger partial charge in [0.2, 0.25) is 0 Å². The predicted octanol–water partition coefficient (Wildman–Crippen LogP) is 3.72. The maximum absolute atomic E-state index is 6.00. The van der Waals surface area contributed by atoms with Gasteiger partial charge in [-0.05, 0) is 12.1 Å². The first-order valence-corrected chi connectivity index (χ1v) is 5.44. The molecule has 0 saturated carbocycles. The molecule has 17 heavy (non-hydrogen) atoms. The van der Waals surface area contributed by atoms with E-state index in [9.17, 15) is 0 Å². The third kappa shape index (κ3) is 2.82. The number of hydrogen-bond acceptors (Lipinski definition) is 3. The lowest BCUT2D eigenvalue weighted by molar-refractivity contribution is 0.409. The molecule has 2 N–H and O–H groups in total. The molecule has 0 saturated heterocycles. The molecule has 4 heteroatoms. The van der Waals surface area contributed by atoms with Crippen molar-refractivity contribution in [3.05, 3.63) is 47.5 Å². The van der Waals surface area contributed by atoms with E-state index in [0.29, 0.717) is 28.0 Å². The number of methoxy groups -OCH3 is 1. The molecule has 0 atom stereocenters. The summed E-state index contributed by atoms with van der Waals surface area (Å²) >= 11 is 6.00. The summed E-state index contributed by atoms with van der Waals surface area (Å²) in [7, 11) is 1.58. The van der Waals surface area contributed by atoms with E-state index in [0.717, 1.165) is 0 Å². The number of rotatable bonds is 3. The molecule has 2 aromatic carbocycles. The minimum Gasteiger partial charge on any atom is -0.497 e. The van der Waals surface area contributed by atoms with E-state index in [1.54, 1.807) is 37.4 Å². The van der Waals surface area contributed by atoms with Crippen LogP contribution in [0.5, 0.6) is 17.2 Å². The Bertz CT molecular complexity index is 529. The molecule has 2 rings (SSSR count).